The minimum absolute atomic E-state index is 0.220. The van der Waals surface area contributed by atoms with Crippen LogP contribution in [-0.2, 0) is 4.74 Å². The number of methoxy groups -OCH3 is 1. The van der Waals surface area contributed by atoms with Crippen molar-refractivity contribution in [2.45, 2.75) is 40.0 Å². The number of aryl methyl sites for hydroxylation is 2. The van der Waals surface area contributed by atoms with Crippen molar-refractivity contribution in [3.8, 4) is 5.75 Å². The van der Waals surface area contributed by atoms with Gasteiger partial charge in [0.05, 0.1) is 12.3 Å². The van der Waals surface area contributed by atoms with Gasteiger partial charge in [-0.2, -0.15) is 0 Å². The monoisotopic (exact) mass is 388 g/mol. The number of nitrogens with zero attached hydrogens (tertiary/aromatic N) is 2. The van der Waals surface area contributed by atoms with Gasteiger partial charge in [0, 0.05) is 56.5 Å². The number of benzene rings is 1. The van der Waals surface area contributed by atoms with Crippen LogP contribution < -0.4 is 15.4 Å². The van der Waals surface area contributed by atoms with Gasteiger partial charge in [0.2, 0.25) is 0 Å². The predicted molar refractivity (Wildman–Crippen MR) is 112 cm³/mol. The lowest BCUT2D eigenvalue weighted by molar-refractivity contribution is 0.172. The number of nitrogens with one attached hydrogen (secondary N) is 2. The van der Waals surface area contributed by atoms with Gasteiger partial charge in [-0.15, -0.1) is 0 Å². The van der Waals surface area contributed by atoms with Gasteiger partial charge in [0.25, 0.3) is 0 Å². The number of ether oxygens (including phenoxy) is 2. The molecule has 1 atom stereocenters. The van der Waals surface area contributed by atoms with Crippen LogP contribution >= 0.6 is 0 Å². The fraction of sp³-hybridized carbons (Fsp3) is 0.524. The molecule has 0 fully saturated rings. The van der Waals surface area contributed by atoms with Crippen LogP contribution in [0.25, 0.3) is 0 Å². The third-order valence-electron chi connectivity index (χ3n) is 4.31. The van der Waals surface area contributed by atoms with Gasteiger partial charge >= 0.3 is 0 Å². The minimum Gasteiger partial charge on any atom is -0.493 e. The maximum atomic E-state index is 5.77. The lowest BCUT2D eigenvalue weighted by Crippen LogP contribution is -2.31. The zero-order valence-electron chi connectivity index (χ0n) is 17.5. The first-order valence-electron chi connectivity index (χ1n) is 9.75. The summed E-state index contributed by atoms with van der Waals surface area (Å²) in [6, 6.07) is 7.87. The Morgan fingerprint density at radius 1 is 1.29 bits per heavy atom. The summed E-state index contributed by atoms with van der Waals surface area (Å²) < 4.78 is 16.1. The lowest BCUT2D eigenvalue weighted by Gasteiger charge is -2.14. The number of rotatable bonds is 10. The van der Waals surface area contributed by atoms with Crippen molar-refractivity contribution in [3.05, 3.63) is 41.3 Å². The van der Waals surface area contributed by atoms with Crippen LogP contribution in [0.5, 0.6) is 5.75 Å². The first kappa shape index (κ1) is 21.8. The van der Waals surface area contributed by atoms with E-state index >= 15 is 0 Å². The number of guanidine groups is 1. The van der Waals surface area contributed by atoms with Crippen molar-refractivity contribution in [2.75, 3.05) is 38.7 Å². The molecule has 0 amide bonds. The minimum atomic E-state index is 0.220. The zero-order valence-corrected chi connectivity index (χ0v) is 17.5. The molecule has 28 heavy (non-hydrogen) atoms. The average Bonchev–Trinajstić information content (AvgIpc) is 3.02. The Kier molecular flexibility index (Phi) is 8.81. The van der Waals surface area contributed by atoms with Crippen molar-refractivity contribution in [3.63, 3.8) is 0 Å². The molecule has 0 radical (unpaired) electrons. The van der Waals surface area contributed by atoms with Crippen molar-refractivity contribution < 1.29 is 14.0 Å². The first-order chi connectivity index (χ1) is 13.5. The number of anilines is 1. The van der Waals surface area contributed by atoms with E-state index in [1.54, 1.807) is 7.11 Å². The van der Waals surface area contributed by atoms with E-state index in [1.807, 2.05) is 45.0 Å². The molecule has 0 aliphatic heterocycles. The number of hydrogen-bond donors (Lipinski definition) is 2. The van der Waals surface area contributed by atoms with Gasteiger partial charge in [-0.1, -0.05) is 18.1 Å². The van der Waals surface area contributed by atoms with Gasteiger partial charge < -0.3 is 24.6 Å². The second-order valence-electron chi connectivity index (χ2n) is 6.71. The molecule has 2 N–H and O–H groups in total. The van der Waals surface area contributed by atoms with E-state index in [0.29, 0.717) is 19.8 Å². The summed E-state index contributed by atoms with van der Waals surface area (Å²) in [5.41, 5.74) is 2.98. The van der Waals surface area contributed by atoms with Gasteiger partial charge in [-0.3, -0.25) is 4.99 Å². The summed E-state index contributed by atoms with van der Waals surface area (Å²) in [6.45, 7) is 10.8. The van der Waals surface area contributed by atoms with Crippen LogP contribution in [0.1, 0.15) is 43.2 Å². The smallest absolute Gasteiger partial charge is 0.195 e. The third-order valence-corrected chi connectivity index (χ3v) is 4.31. The highest BCUT2D eigenvalue weighted by atomic mass is 16.5. The van der Waals surface area contributed by atoms with E-state index in [1.165, 1.54) is 0 Å². The van der Waals surface area contributed by atoms with Crippen LogP contribution in [0.3, 0.4) is 0 Å². The summed E-state index contributed by atoms with van der Waals surface area (Å²) in [5.74, 6) is 2.63. The van der Waals surface area contributed by atoms with Gasteiger partial charge in [0.1, 0.15) is 11.5 Å². The largest absolute Gasteiger partial charge is 0.493 e. The average molecular weight is 389 g/mol. The highest BCUT2D eigenvalue weighted by Gasteiger charge is 2.16. The van der Waals surface area contributed by atoms with Gasteiger partial charge in [-0.05, 0) is 32.9 Å². The first-order valence-corrected chi connectivity index (χ1v) is 9.75. The molecule has 1 aromatic heterocycles. The highest BCUT2D eigenvalue weighted by Crippen LogP contribution is 2.23. The standard InChI is InChI=1S/C21H32N4O3/c1-6-22-21(23-14-15(2)20-16(3)25-28-17(20)4)24-18-9-7-10-19(13-18)27-12-8-11-26-5/h7,9-10,13,15H,6,8,11-12,14H2,1-5H3,(H2,22,23,24). The molecule has 0 aliphatic carbocycles. The third kappa shape index (κ3) is 6.56. The van der Waals surface area contributed by atoms with Crippen molar-refractivity contribution in [2.24, 2.45) is 4.99 Å². The Hall–Kier alpha value is -2.54. The Bertz CT molecular complexity index is 738. The molecule has 2 aromatic rings. The molecule has 1 aromatic carbocycles. The molecule has 7 nitrogen and oxygen atoms in total. The molecule has 7 heteroatoms. The van der Waals surface area contributed by atoms with Gasteiger partial charge in [-0.25, -0.2) is 0 Å². The maximum absolute atomic E-state index is 5.77. The molecule has 0 aliphatic rings. The molecule has 0 saturated carbocycles. The van der Waals surface area contributed by atoms with E-state index < -0.39 is 0 Å². The fourth-order valence-electron chi connectivity index (χ4n) is 3.01. The molecule has 0 saturated heterocycles. The molecule has 0 spiro atoms. The van der Waals surface area contributed by atoms with Crippen LogP contribution in [0, 0.1) is 13.8 Å². The number of aliphatic imine (C=N–C) groups is 1. The van der Waals surface area contributed by atoms with Crippen molar-refractivity contribution >= 4 is 11.6 Å². The Morgan fingerprint density at radius 3 is 2.79 bits per heavy atom. The maximum Gasteiger partial charge on any atom is 0.195 e. The lowest BCUT2D eigenvalue weighted by atomic mass is 10.00. The van der Waals surface area contributed by atoms with E-state index in [9.17, 15) is 0 Å². The van der Waals surface area contributed by atoms with Crippen molar-refractivity contribution in [1.82, 2.24) is 10.5 Å². The molecule has 1 unspecified atom stereocenters. The molecule has 2 rings (SSSR count). The van der Waals surface area contributed by atoms with E-state index in [4.69, 9.17) is 19.0 Å². The summed E-state index contributed by atoms with van der Waals surface area (Å²) in [6.07, 6.45) is 0.859. The second kappa shape index (κ2) is 11.3. The zero-order chi connectivity index (χ0) is 20.4. The van der Waals surface area contributed by atoms with Crippen molar-refractivity contribution in [1.29, 1.82) is 0 Å². The van der Waals surface area contributed by atoms with E-state index in [-0.39, 0.29) is 5.92 Å². The normalized spacial score (nSPS) is 12.7. The van der Waals surface area contributed by atoms with E-state index in [2.05, 4.69) is 22.7 Å². The summed E-state index contributed by atoms with van der Waals surface area (Å²) >= 11 is 0. The molecule has 154 valence electrons. The highest BCUT2D eigenvalue weighted by molar-refractivity contribution is 5.93. The molecule has 0 bridgehead atoms. The van der Waals surface area contributed by atoms with Crippen LogP contribution in [0.2, 0.25) is 0 Å². The predicted octanol–water partition coefficient (Wildman–Crippen LogP) is 3.89. The van der Waals surface area contributed by atoms with E-state index in [0.717, 1.165) is 47.4 Å². The quantitative estimate of drug-likeness (QED) is 0.365. The van der Waals surface area contributed by atoms with Gasteiger partial charge in [0.15, 0.2) is 5.96 Å². The summed E-state index contributed by atoms with van der Waals surface area (Å²) in [5, 5.41) is 10.7. The summed E-state index contributed by atoms with van der Waals surface area (Å²) in [4.78, 5) is 4.73. The number of hydrogen-bond acceptors (Lipinski definition) is 5. The second-order valence-corrected chi connectivity index (χ2v) is 6.71. The Morgan fingerprint density at radius 2 is 2.11 bits per heavy atom. The fourth-order valence-corrected chi connectivity index (χ4v) is 3.01. The Labute approximate surface area is 167 Å². The SMILES string of the molecule is CCNC(=NCC(C)c1c(C)noc1C)Nc1cccc(OCCCOC)c1. The molecule has 1 heterocycles. The van der Waals surface area contributed by atoms with Crippen LogP contribution in [-0.4, -0.2) is 44.5 Å². The van der Waals surface area contributed by atoms with Crippen LogP contribution in [0.15, 0.2) is 33.8 Å². The molecular weight excluding hydrogens is 356 g/mol. The number of aromatic nitrogens is 1. The molecular formula is C21H32N4O3. The summed E-state index contributed by atoms with van der Waals surface area (Å²) in [7, 11) is 1.69. The topological polar surface area (TPSA) is 80.9 Å². The Balaban J connectivity index is 2.00. The van der Waals surface area contributed by atoms with Crippen LogP contribution in [0.4, 0.5) is 5.69 Å².